The Bertz CT molecular complexity index is 775. The van der Waals surface area contributed by atoms with E-state index in [0.717, 1.165) is 73.7 Å². The summed E-state index contributed by atoms with van der Waals surface area (Å²) in [6, 6.07) is 5.75. The van der Waals surface area contributed by atoms with E-state index >= 15 is 0 Å². The van der Waals surface area contributed by atoms with Gasteiger partial charge in [-0.25, -0.2) is 4.79 Å². The Morgan fingerprint density at radius 1 is 1.37 bits per heavy atom. The quantitative estimate of drug-likeness (QED) is 0.287. The summed E-state index contributed by atoms with van der Waals surface area (Å²) in [4.78, 5) is 24.8. The van der Waals surface area contributed by atoms with Crippen LogP contribution in [0.5, 0.6) is 5.75 Å². The first-order valence-corrected chi connectivity index (χ1v) is 11.6. The number of likely N-dealkylation sites (tertiary alicyclic amines) is 1. The number of carbonyl (C=O) groups excluding carboxylic acids is 2. The summed E-state index contributed by atoms with van der Waals surface area (Å²) in [6.07, 6.45) is 5.80. The van der Waals surface area contributed by atoms with Crippen LogP contribution in [0.25, 0.3) is 0 Å². The van der Waals surface area contributed by atoms with Gasteiger partial charge in [0.25, 0.3) is 0 Å². The van der Waals surface area contributed by atoms with E-state index in [0.29, 0.717) is 12.3 Å². The Hall–Kier alpha value is -1.94. The maximum absolute atomic E-state index is 12.3. The lowest BCUT2D eigenvalue weighted by Gasteiger charge is -2.32. The van der Waals surface area contributed by atoms with Gasteiger partial charge in [-0.1, -0.05) is 19.9 Å². The van der Waals surface area contributed by atoms with Crippen LogP contribution in [-0.4, -0.2) is 42.7 Å². The summed E-state index contributed by atoms with van der Waals surface area (Å²) in [5.74, 6) is 3.38. The van der Waals surface area contributed by atoms with E-state index in [4.69, 9.17) is 10.1 Å². The molecule has 2 fully saturated rings. The third-order valence-corrected chi connectivity index (χ3v) is 6.94. The van der Waals surface area contributed by atoms with Crippen molar-refractivity contribution in [3.63, 3.8) is 0 Å². The normalized spacial score (nSPS) is 21.4. The number of carbonyl (C=O) groups is 2. The molecule has 30 heavy (non-hydrogen) atoms. The van der Waals surface area contributed by atoms with Crippen LogP contribution in [0.2, 0.25) is 0 Å². The lowest BCUT2D eigenvalue weighted by molar-refractivity contribution is -0.107. The molecule has 7 heteroatoms. The van der Waals surface area contributed by atoms with Crippen molar-refractivity contribution < 1.29 is 14.3 Å². The molecule has 1 aromatic carbocycles. The van der Waals surface area contributed by atoms with Crippen LogP contribution in [0.4, 0.5) is 4.79 Å². The summed E-state index contributed by atoms with van der Waals surface area (Å²) >= 11 is 0. The van der Waals surface area contributed by atoms with Gasteiger partial charge in [0.15, 0.2) is 0 Å². The van der Waals surface area contributed by atoms with Gasteiger partial charge in [-0.3, -0.25) is 10.7 Å². The third-order valence-electron chi connectivity index (χ3n) is 6.41. The molecule has 3 atom stereocenters. The smallest absolute Gasteiger partial charge is 0.322 e. The molecule has 0 bridgehead atoms. The van der Waals surface area contributed by atoms with Gasteiger partial charge in [0, 0.05) is 25.4 Å². The van der Waals surface area contributed by atoms with E-state index in [1.807, 2.05) is 36.9 Å². The van der Waals surface area contributed by atoms with Crippen molar-refractivity contribution in [2.75, 3.05) is 19.7 Å². The van der Waals surface area contributed by atoms with E-state index < -0.39 is 0 Å². The van der Waals surface area contributed by atoms with Crippen LogP contribution in [0.3, 0.4) is 0 Å². The van der Waals surface area contributed by atoms with Crippen molar-refractivity contribution in [3.05, 3.63) is 23.8 Å². The van der Waals surface area contributed by atoms with Crippen molar-refractivity contribution in [2.24, 2.45) is 23.7 Å². The Morgan fingerprint density at radius 2 is 2.10 bits per heavy atom. The monoisotopic (exact) mass is 431 g/mol. The van der Waals surface area contributed by atoms with Gasteiger partial charge in [-0.15, -0.1) is 9.24 Å². The van der Waals surface area contributed by atoms with Crippen LogP contribution < -0.4 is 15.4 Å². The van der Waals surface area contributed by atoms with Gasteiger partial charge in [-0.05, 0) is 66.4 Å². The zero-order valence-electron chi connectivity index (χ0n) is 18.0. The highest BCUT2D eigenvalue weighted by Gasteiger charge is 2.43. The van der Waals surface area contributed by atoms with Crippen molar-refractivity contribution in [3.8, 4) is 5.75 Å². The number of benzene rings is 1. The third kappa shape index (κ3) is 6.04. The van der Waals surface area contributed by atoms with E-state index in [-0.39, 0.29) is 17.8 Å². The summed E-state index contributed by atoms with van der Waals surface area (Å²) < 4.78 is 5.93. The van der Waals surface area contributed by atoms with Gasteiger partial charge in [0.2, 0.25) is 0 Å². The molecule has 1 aliphatic carbocycles. The molecular weight excluding hydrogens is 397 g/mol. The van der Waals surface area contributed by atoms with Gasteiger partial charge < -0.3 is 14.4 Å². The van der Waals surface area contributed by atoms with Crippen LogP contribution in [0.15, 0.2) is 18.2 Å². The molecular formula is C23H34N3O3P. The maximum Gasteiger partial charge on any atom is 0.322 e. The van der Waals surface area contributed by atoms with Crippen LogP contribution in [0, 0.1) is 29.1 Å². The predicted molar refractivity (Wildman–Crippen MR) is 123 cm³/mol. The van der Waals surface area contributed by atoms with Crippen molar-refractivity contribution in [1.82, 2.24) is 10.2 Å². The fourth-order valence-corrected chi connectivity index (χ4v) is 4.69. The molecule has 1 aliphatic heterocycles. The molecule has 2 N–H and O–H groups in total. The number of hydrogen-bond donors (Lipinski definition) is 2. The molecule has 1 aromatic rings. The second-order valence-electron chi connectivity index (χ2n) is 8.85. The second-order valence-corrected chi connectivity index (χ2v) is 9.47. The number of nitrogens with one attached hydrogen (secondary N) is 2. The maximum atomic E-state index is 12.3. The minimum Gasteiger partial charge on any atom is -0.494 e. The summed E-state index contributed by atoms with van der Waals surface area (Å²) in [7, 11) is 2.67. The lowest BCUT2D eigenvalue weighted by Crippen LogP contribution is -2.47. The fourth-order valence-electron chi connectivity index (χ4n) is 4.32. The van der Waals surface area contributed by atoms with Gasteiger partial charge in [-0.2, -0.15) is 0 Å². The Balaban J connectivity index is 1.35. The summed E-state index contributed by atoms with van der Waals surface area (Å²) in [6.45, 7) is 6.11. The molecule has 0 spiro atoms. The molecule has 2 amide bonds. The Labute approximate surface area is 181 Å². The number of amidine groups is 1. The van der Waals surface area contributed by atoms with E-state index in [9.17, 15) is 9.59 Å². The number of hydrogen-bond acceptors (Lipinski definition) is 4. The number of nitrogens with zero attached hydrogens (tertiary/aromatic N) is 1. The van der Waals surface area contributed by atoms with Crippen molar-refractivity contribution in [2.45, 2.75) is 46.0 Å². The second kappa shape index (κ2) is 10.4. The van der Waals surface area contributed by atoms with E-state index in [2.05, 4.69) is 14.6 Å². The minimum absolute atomic E-state index is 0.0397. The molecule has 3 rings (SSSR count). The number of amides is 2. The first kappa shape index (κ1) is 22.7. The first-order chi connectivity index (χ1) is 14.4. The van der Waals surface area contributed by atoms with Crippen molar-refractivity contribution >= 4 is 32.7 Å². The summed E-state index contributed by atoms with van der Waals surface area (Å²) in [5.41, 5.74) is 1.02. The highest BCUT2D eigenvalue weighted by molar-refractivity contribution is 7.27. The highest BCUT2D eigenvalue weighted by Crippen LogP contribution is 2.49. The molecule has 3 unspecified atom stereocenters. The van der Waals surface area contributed by atoms with Gasteiger partial charge >= 0.3 is 6.03 Å². The molecule has 0 radical (unpaired) electrons. The zero-order valence-corrected chi connectivity index (χ0v) is 19.2. The number of ether oxygens (including phenoxy) is 1. The van der Waals surface area contributed by atoms with Crippen LogP contribution >= 0.6 is 9.24 Å². The van der Waals surface area contributed by atoms with E-state index in [1.165, 1.54) is 6.42 Å². The van der Waals surface area contributed by atoms with Crippen LogP contribution in [-0.2, 0) is 11.2 Å². The number of piperidine rings is 1. The summed E-state index contributed by atoms with van der Waals surface area (Å²) in [5, 5.41) is 11.5. The zero-order chi connectivity index (χ0) is 21.7. The lowest BCUT2D eigenvalue weighted by atomic mass is 9.90. The SMILES string of the molecule is CC(C)C(=N)NC(=O)N1CCC(C2CC2CCOc2ccc(CC=O)c(P)c2)CC1. The Morgan fingerprint density at radius 3 is 2.73 bits per heavy atom. The van der Waals surface area contributed by atoms with Gasteiger partial charge in [0.05, 0.1) is 6.61 Å². The fraction of sp³-hybridized carbons (Fsp3) is 0.609. The average Bonchev–Trinajstić information content (AvgIpc) is 3.49. The predicted octanol–water partition coefficient (Wildman–Crippen LogP) is 3.39. The minimum atomic E-state index is -0.125. The number of aldehydes is 1. The highest BCUT2D eigenvalue weighted by atomic mass is 31.0. The van der Waals surface area contributed by atoms with Gasteiger partial charge in [0.1, 0.15) is 17.9 Å². The topological polar surface area (TPSA) is 82.5 Å². The van der Waals surface area contributed by atoms with Crippen LogP contribution in [0.1, 0.15) is 45.1 Å². The van der Waals surface area contributed by atoms with E-state index in [1.54, 1.807) is 0 Å². The molecule has 0 aromatic heterocycles. The standard InChI is InChI=1S/C23H34N3O3P/c1-15(2)22(24)25-23(28)26-9-5-16(6-10-26)20-13-18(20)8-12-29-19-4-3-17(7-11-27)21(30)14-19/h3-4,11,14-16,18,20H,5-10,12-13,30H2,1-2H3,(H2,24,25,28). The number of rotatable bonds is 8. The molecule has 2 aliphatic rings. The molecule has 1 saturated heterocycles. The largest absolute Gasteiger partial charge is 0.494 e. The Kier molecular flexibility index (Phi) is 7.87. The average molecular weight is 432 g/mol. The molecule has 164 valence electrons. The molecule has 1 saturated carbocycles. The molecule has 1 heterocycles. The number of urea groups is 1. The first-order valence-electron chi connectivity index (χ1n) is 11.0. The molecule has 6 nitrogen and oxygen atoms in total. The van der Waals surface area contributed by atoms with Crippen molar-refractivity contribution in [1.29, 1.82) is 5.41 Å².